The van der Waals surface area contributed by atoms with Crippen LogP contribution in [0.3, 0.4) is 0 Å². The maximum absolute atomic E-state index is 13.0. The Kier molecular flexibility index (Phi) is 10.1. The Bertz CT molecular complexity index is 879. The zero-order valence-electron chi connectivity index (χ0n) is 17.0. The second kappa shape index (κ2) is 12.3. The third-order valence-electron chi connectivity index (χ3n) is 4.48. The smallest absolute Gasteiger partial charge is 0.261 e. The number of rotatable bonds is 10. The van der Waals surface area contributed by atoms with Crippen LogP contribution in [0.25, 0.3) is 0 Å². The van der Waals surface area contributed by atoms with E-state index in [4.69, 9.17) is 16.3 Å². The monoisotopic (exact) mass is 558 g/mol. The molecule has 0 aromatic heterocycles. The number of hydrogen-bond acceptors (Lipinski definition) is 3. The van der Waals surface area contributed by atoms with E-state index in [1.807, 2.05) is 24.3 Å². The number of unbranched alkanes of at least 4 members (excludes halogenated alkanes) is 1. The number of ether oxygens (including phenoxy) is 1. The molecule has 1 N–H and O–H groups in total. The number of benzene rings is 2. The van der Waals surface area contributed by atoms with Gasteiger partial charge in [0.05, 0.1) is 5.02 Å². The van der Waals surface area contributed by atoms with Crippen LogP contribution in [0.15, 0.2) is 51.4 Å². The highest BCUT2D eigenvalue weighted by atomic mass is 79.9. The Labute approximate surface area is 199 Å². The zero-order chi connectivity index (χ0) is 22.1. The highest BCUT2D eigenvalue weighted by Gasteiger charge is 2.26. The lowest BCUT2D eigenvalue weighted by Gasteiger charge is -2.29. The van der Waals surface area contributed by atoms with Gasteiger partial charge >= 0.3 is 0 Å². The predicted octanol–water partition coefficient (Wildman–Crippen LogP) is 5.58. The molecule has 2 aromatic rings. The van der Waals surface area contributed by atoms with E-state index in [9.17, 15) is 9.59 Å². The fourth-order valence-electron chi connectivity index (χ4n) is 2.77. The summed E-state index contributed by atoms with van der Waals surface area (Å²) in [4.78, 5) is 27.1. The van der Waals surface area contributed by atoms with Gasteiger partial charge in [-0.15, -0.1) is 0 Å². The van der Waals surface area contributed by atoms with E-state index in [0.717, 1.165) is 27.4 Å². The Morgan fingerprint density at radius 2 is 1.90 bits per heavy atom. The van der Waals surface area contributed by atoms with Crippen LogP contribution in [0.5, 0.6) is 5.75 Å². The first-order valence-corrected chi connectivity index (χ1v) is 11.7. The van der Waals surface area contributed by atoms with Crippen LogP contribution in [0.1, 0.15) is 32.3 Å². The summed E-state index contributed by atoms with van der Waals surface area (Å²) in [7, 11) is 0. The largest absolute Gasteiger partial charge is 0.482 e. The van der Waals surface area contributed by atoms with Gasteiger partial charge in [-0.05, 0) is 49.2 Å². The number of nitrogens with one attached hydrogen (secondary N) is 1. The fraction of sp³-hybridized carbons (Fsp3) is 0.364. The van der Waals surface area contributed by atoms with Crippen LogP contribution >= 0.6 is 43.5 Å². The first kappa shape index (κ1) is 24.7. The van der Waals surface area contributed by atoms with Crippen LogP contribution in [-0.4, -0.2) is 35.9 Å². The average molecular weight is 561 g/mol. The van der Waals surface area contributed by atoms with E-state index in [2.05, 4.69) is 44.1 Å². The van der Waals surface area contributed by atoms with Gasteiger partial charge in [0.25, 0.3) is 5.91 Å². The van der Waals surface area contributed by atoms with Crippen molar-refractivity contribution < 1.29 is 14.3 Å². The first-order chi connectivity index (χ1) is 14.3. The molecule has 0 saturated heterocycles. The molecule has 0 fully saturated rings. The highest BCUT2D eigenvalue weighted by molar-refractivity contribution is 9.10. The molecule has 5 nitrogen and oxygen atoms in total. The van der Waals surface area contributed by atoms with Crippen LogP contribution in [0.4, 0.5) is 0 Å². The van der Waals surface area contributed by atoms with Crippen molar-refractivity contribution >= 4 is 55.3 Å². The van der Waals surface area contributed by atoms with Gasteiger partial charge < -0.3 is 15.0 Å². The SMILES string of the molecule is CCCCNC(=O)[C@@H](C)N(Cc1cccc(Br)c1)C(=O)COc1ccc(Br)cc1Cl. The molecule has 30 heavy (non-hydrogen) atoms. The molecule has 0 aliphatic carbocycles. The highest BCUT2D eigenvalue weighted by Crippen LogP contribution is 2.27. The molecule has 2 amide bonds. The van der Waals surface area contributed by atoms with E-state index < -0.39 is 6.04 Å². The molecule has 2 aromatic carbocycles. The quantitative estimate of drug-likeness (QED) is 0.386. The second-order valence-electron chi connectivity index (χ2n) is 6.84. The topological polar surface area (TPSA) is 58.6 Å². The maximum Gasteiger partial charge on any atom is 0.261 e. The van der Waals surface area contributed by atoms with E-state index in [1.165, 1.54) is 4.90 Å². The lowest BCUT2D eigenvalue weighted by molar-refractivity contribution is -0.142. The van der Waals surface area contributed by atoms with E-state index in [1.54, 1.807) is 25.1 Å². The number of halogens is 3. The standard InChI is InChI=1S/C22H25Br2ClN2O3/c1-3-4-10-26-22(29)15(2)27(13-16-6-5-7-17(23)11-16)21(28)14-30-20-9-8-18(24)12-19(20)25/h5-9,11-12,15H,3-4,10,13-14H2,1-2H3,(H,26,29)/t15-/m1/s1. The van der Waals surface area contributed by atoms with Gasteiger partial charge in [0.1, 0.15) is 11.8 Å². The van der Waals surface area contributed by atoms with Crippen LogP contribution in [0, 0.1) is 0 Å². The molecule has 1 atom stereocenters. The molecule has 0 saturated carbocycles. The minimum Gasteiger partial charge on any atom is -0.482 e. The molecule has 0 heterocycles. The van der Waals surface area contributed by atoms with Crippen molar-refractivity contribution in [3.8, 4) is 5.75 Å². The summed E-state index contributed by atoms with van der Waals surface area (Å²) in [5, 5.41) is 3.30. The van der Waals surface area contributed by atoms with Gasteiger partial charge in [0.15, 0.2) is 6.61 Å². The van der Waals surface area contributed by atoms with Crippen molar-refractivity contribution in [2.45, 2.75) is 39.3 Å². The average Bonchev–Trinajstić information content (AvgIpc) is 2.71. The number of hydrogen-bond donors (Lipinski definition) is 1. The molecule has 2 rings (SSSR count). The molecule has 8 heteroatoms. The van der Waals surface area contributed by atoms with Gasteiger partial charge in [-0.1, -0.05) is 68.9 Å². The number of carbonyl (C=O) groups is 2. The van der Waals surface area contributed by atoms with Crippen LogP contribution in [-0.2, 0) is 16.1 Å². The van der Waals surface area contributed by atoms with Crippen molar-refractivity contribution in [3.05, 3.63) is 62.0 Å². The lowest BCUT2D eigenvalue weighted by Crippen LogP contribution is -2.49. The lowest BCUT2D eigenvalue weighted by atomic mass is 10.1. The van der Waals surface area contributed by atoms with Crippen molar-refractivity contribution in [2.75, 3.05) is 13.2 Å². The summed E-state index contributed by atoms with van der Waals surface area (Å²) in [5.41, 5.74) is 0.910. The summed E-state index contributed by atoms with van der Waals surface area (Å²) in [6, 6.07) is 12.2. The Hall–Kier alpha value is -1.57. The number of amides is 2. The molecule has 0 radical (unpaired) electrons. The third-order valence-corrected chi connectivity index (χ3v) is 5.77. The first-order valence-electron chi connectivity index (χ1n) is 9.71. The second-order valence-corrected chi connectivity index (χ2v) is 9.07. The van der Waals surface area contributed by atoms with Crippen molar-refractivity contribution in [2.24, 2.45) is 0 Å². The third kappa shape index (κ3) is 7.60. The molecule has 0 unspecified atom stereocenters. The Morgan fingerprint density at radius 3 is 2.57 bits per heavy atom. The number of carbonyl (C=O) groups excluding carboxylic acids is 2. The molecule has 0 spiro atoms. The van der Waals surface area contributed by atoms with Crippen molar-refractivity contribution in [1.29, 1.82) is 0 Å². The van der Waals surface area contributed by atoms with E-state index in [-0.39, 0.29) is 25.0 Å². The zero-order valence-corrected chi connectivity index (χ0v) is 20.9. The molecule has 0 aliphatic heterocycles. The minimum absolute atomic E-state index is 0.187. The summed E-state index contributed by atoms with van der Waals surface area (Å²) in [6.45, 7) is 4.44. The Balaban J connectivity index is 2.13. The summed E-state index contributed by atoms with van der Waals surface area (Å²) >= 11 is 13.0. The molecule has 0 aliphatic rings. The molecular weight excluding hydrogens is 536 g/mol. The van der Waals surface area contributed by atoms with Gasteiger partial charge in [-0.2, -0.15) is 0 Å². The van der Waals surface area contributed by atoms with Gasteiger partial charge in [-0.25, -0.2) is 0 Å². The predicted molar refractivity (Wildman–Crippen MR) is 127 cm³/mol. The van der Waals surface area contributed by atoms with Crippen molar-refractivity contribution in [1.82, 2.24) is 10.2 Å². The van der Waals surface area contributed by atoms with E-state index in [0.29, 0.717) is 17.3 Å². The summed E-state index contributed by atoms with van der Waals surface area (Å²) in [6.07, 6.45) is 1.88. The van der Waals surface area contributed by atoms with Crippen molar-refractivity contribution in [3.63, 3.8) is 0 Å². The molecular formula is C22H25Br2ClN2O3. The molecule has 0 bridgehead atoms. The van der Waals surface area contributed by atoms with E-state index >= 15 is 0 Å². The fourth-order valence-corrected chi connectivity index (χ4v) is 3.94. The van der Waals surface area contributed by atoms with Crippen LogP contribution < -0.4 is 10.1 Å². The summed E-state index contributed by atoms with van der Waals surface area (Å²) in [5.74, 6) is -0.0729. The Morgan fingerprint density at radius 1 is 1.17 bits per heavy atom. The number of nitrogens with zero attached hydrogens (tertiary/aromatic N) is 1. The summed E-state index contributed by atoms with van der Waals surface area (Å²) < 4.78 is 7.37. The van der Waals surface area contributed by atoms with Gasteiger partial charge in [0, 0.05) is 22.0 Å². The normalized spacial score (nSPS) is 11.6. The van der Waals surface area contributed by atoms with Crippen LogP contribution in [0.2, 0.25) is 5.02 Å². The maximum atomic E-state index is 13.0. The van der Waals surface area contributed by atoms with Gasteiger partial charge in [0.2, 0.25) is 5.91 Å². The molecule has 162 valence electrons. The minimum atomic E-state index is -0.641. The van der Waals surface area contributed by atoms with Gasteiger partial charge in [-0.3, -0.25) is 9.59 Å².